The van der Waals surface area contributed by atoms with E-state index in [0.717, 1.165) is 24.7 Å². The summed E-state index contributed by atoms with van der Waals surface area (Å²) in [5, 5.41) is 3.44. The van der Waals surface area contributed by atoms with Crippen LogP contribution in [-0.2, 0) is 20.0 Å². The van der Waals surface area contributed by atoms with Gasteiger partial charge in [0.2, 0.25) is 0 Å². The van der Waals surface area contributed by atoms with Crippen LogP contribution >= 0.6 is 0 Å². The summed E-state index contributed by atoms with van der Waals surface area (Å²) in [7, 11) is 4.11. The van der Waals surface area contributed by atoms with Gasteiger partial charge in [-0.1, -0.05) is 0 Å². The van der Waals surface area contributed by atoms with E-state index in [9.17, 15) is 0 Å². The Morgan fingerprint density at radius 1 is 1.42 bits per heavy atom. The zero-order valence-electron chi connectivity index (χ0n) is 11.7. The summed E-state index contributed by atoms with van der Waals surface area (Å²) in [6.07, 6.45) is 12.0. The van der Waals surface area contributed by atoms with Crippen molar-refractivity contribution in [2.45, 2.75) is 31.8 Å². The maximum atomic E-state index is 4.36. The second-order valence-electron chi connectivity index (χ2n) is 5.49. The predicted molar refractivity (Wildman–Crippen MR) is 75.9 cm³/mol. The van der Waals surface area contributed by atoms with Crippen LogP contribution in [0.5, 0.6) is 0 Å². The molecule has 0 aromatic carbocycles. The average Bonchev–Trinajstić information content (AvgIpc) is 2.98. The molecular formula is C15H22N4. The van der Waals surface area contributed by atoms with Gasteiger partial charge in [0.25, 0.3) is 0 Å². The highest BCUT2D eigenvalue weighted by molar-refractivity contribution is 5.18. The molecule has 2 heterocycles. The van der Waals surface area contributed by atoms with Gasteiger partial charge in [-0.3, -0.25) is 0 Å². The Balaban J connectivity index is 1.63. The van der Waals surface area contributed by atoms with Crippen molar-refractivity contribution in [2.24, 2.45) is 13.0 Å². The highest BCUT2D eigenvalue weighted by Gasteiger charge is 2.31. The third kappa shape index (κ3) is 2.73. The molecule has 4 nitrogen and oxygen atoms in total. The molecule has 1 aliphatic rings. The number of nitrogens with one attached hydrogen (secondary N) is 1. The van der Waals surface area contributed by atoms with Gasteiger partial charge >= 0.3 is 0 Å². The van der Waals surface area contributed by atoms with Gasteiger partial charge in [-0.2, -0.15) is 0 Å². The van der Waals surface area contributed by atoms with Crippen LogP contribution in [0.1, 0.15) is 30.3 Å². The minimum atomic E-state index is 0.536. The van der Waals surface area contributed by atoms with Gasteiger partial charge in [0, 0.05) is 50.8 Å². The van der Waals surface area contributed by atoms with E-state index in [2.05, 4.69) is 44.9 Å². The highest BCUT2D eigenvalue weighted by Crippen LogP contribution is 2.40. The fourth-order valence-electron chi connectivity index (χ4n) is 2.75. The summed E-state index contributed by atoms with van der Waals surface area (Å²) < 4.78 is 4.36. The zero-order valence-corrected chi connectivity index (χ0v) is 11.7. The Morgan fingerprint density at radius 2 is 2.26 bits per heavy atom. The van der Waals surface area contributed by atoms with E-state index >= 15 is 0 Å². The summed E-state index contributed by atoms with van der Waals surface area (Å²) in [4.78, 5) is 4.36. The second kappa shape index (κ2) is 5.21. The van der Waals surface area contributed by atoms with Crippen LogP contribution in [0.25, 0.3) is 0 Å². The van der Waals surface area contributed by atoms with Crippen LogP contribution in [0, 0.1) is 5.92 Å². The molecule has 1 unspecified atom stereocenters. The fraction of sp³-hybridized carbons (Fsp3) is 0.533. The van der Waals surface area contributed by atoms with Crippen molar-refractivity contribution in [1.29, 1.82) is 0 Å². The summed E-state index contributed by atoms with van der Waals surface area (Å²) in [6.45, 7) is 0.992. The normalized spacial score (nSPS) is 16.7. The van der Waals surface area contributed by atoms with Crippen molar-refractivity contribution in [3.05, 3.63) is 42.2 Å². The highest BCUT2D eigenvalue weighted by atomic mass is 15.0. The summed E-state index contributed by atoms with van der Waals surface area (Å²) in [5.41, 5.74) is 1.42. The van der Waals surface area contributed by atoms with Crippen molar-refractivity contribution >= 4 is 0 Å². The molecule has 0 saturated heterocycles. The van der Waals surface area contributed by atoms with Gasteiger partial charge in [0.05, 0.1) is 0 Å². The first-order valence-corrected chi connectivity index (χ1v) is 7.07. The van der Waals surface area contributed by atoms with E-state index in [1.165, 1.54) is 18.4 Å². The SMILES string of the molecule is CNC(c1ccn(CCc2nccn2C)c1)C1CC1. The topological polar surface area (TPSA) is 34.8 Å². The smallest absolute Gasteiger partial charge is 0.110 e. The largest absolute Gasteiger partial charge is 0.353 e. The molecule has 0 aliphatic heterocycles. The standard InChI is InChI=1S/C15H22N4/c1-16-15(12-3-4-12)13-5-8-19(11-13)9-6-14-17-7-10-18(14)2/h5,7-8,10-12,15-16H,3-4,6,9H2,1-2H3. The molecule has 102 valence electrons. The van der Waals surface area contributed by atoms with Crippen LogP contribution < -0.4 is 5.32 Å². The van der Waals surface area contributed by atoms with E-state index < -0.39 is 0 Å². The maximum absolute atomic E-state index is 4.36. The van der Waals surface area contributed by atoms with Gasteiger partial charge in [0.1, 0.15) is 5.82 Å². The Morgan fingerprint density at radius 3 is 2.89 bits per heavy atom. The molecule has 19 heavy (non-hydrogen) atoms. The number of rotatable bonds is 6. The number of hydrogen-bond donors (Lipinski definition) is 1. The Labute approximate surface area is 114 Å². The summed E-state index contributed by atoms with van der Waals surface area (Å²) in [5.74, 6) is 1.98. The molecule has 3 rings (SSSR count). The lowest BCUT2D eigenvalue weighted by Crippen LogP contribution is -2.17. The van der Waals surface area contributed by atoms with Gasteiger partial charge in [-0.25, -0.2) is 4.98 Å². The summed E-state index contributed by atoms with van der Waals surface area (Å²) in [6, 6.07) is 2.78. The fourth-order valence-corrected chi connectivity index (χ4v) is 2.75. The van der Waals surface area contributed by atoms with E-state index in [1.54, 1.807) is 0 Å². The monoisotopic (exact) mass is 258 g/mol. The number of hydrogen-bond acceptors (Lipinski definition) is 2. The van der Waals surface area contributed by atoms with E-state index in [-0.39, 0.29) is 0 Å². The van der Waals surface area contributed by atoms with Crippen molar-refractivity contribution in [3.8, 4) is 0 Å². The third-order valence-corrected chi connectivity index (χ3v) is 4.05. The second-order valence-corrected chi connectivity index (χ2v) is 5.49. The Kier molecular flexibility index (Phi) is 3.42. The molecule has 1 atom stereocenters. The lowest BCUT2D eigenvalue weighted by atomic mass is 10.1. The molecule has 0 radical (unpaired) electrons. The Hall–Kier alpha value is -1.55. The zero-order chi connectivity index (χ0) is 13.2. The van der Waals surface area contributed by atoms with Crippen molar-refractivity contribution in [2.75, 3.05) is 7.05 Å². The van der Waals surface area contributed by atoms with Gasteiger partial charge in [-0.15, -0.1) is 0 Å². The lowest BCUT2D eigenvalue weighted by Gasteiger charge is -2.13. The van der Waals surface area contributed by atoms with Crippen molar-refractivity contribution < 1.29 is 0 Å². The number of aryl methyl sites for hydroxylation is 3. The van der Waals surface area contributed by atoms with Gasteiger partial charge in [0.15, 0.2) is 0 Å². The molecule has 1 saturated carbocycles. The first-order valence-electron chi connectivity index (χ1n) is 7.07. The number of imidazole rings is 1. The summed E-state index contributed by atoms with van der Waals surface area (Å²) >= 11 is 0. The van der Waals surface area contributed by atoms with Gasteiger partial charge in [-0.05, 0) is 37.4 Å². The van der Waals surface area contributed by atoms with E-state index in [1.807, 2.05) is 19.4 Å². The maximum Gasteiger partial charge on any atom is 0.110 e. The molecule has 2 aromatic rings. The predicted octanol–water partition coefficient (Wildman–Crippen LogP) is 2.13. The number of aromatic nitrogens is 3. The van der Waals surface area contributed by atoms with Crippen LogP contribution in [0.3, 0.4) is 0 Å². The van der Waals surface area contributed by atoms with Crippen LogP contribution in [-0.4, -0.2) is 21.2 Å². The van der Waals surface area contributed by atoms with E-state index in [0.29, 0.717) is 6.04 Å². The third-order valence-electron chi connectivity index (χ3n) is 4.05. The molecule has 1 fully saturated rings. The van der Waals surface area contributed by atoms with Gasteiger partial charge < -0.3 is 14.5 Å². The van der Waals surface area contributed by atoms with Crippen molar-refractivity contribution in [3.63, 3.8) is 0 Å². The quantitative estimate of drug-likeness (QED) is 0.861. The molecule has 0 bridgehead atoms. The minimum absolute atomic E-state index is 0.536. The number of nitrogens with zero attached hydrogens (tertiary/aromatic N) is 3. The molecule has 0 amide bonds. The molecule has 0 spiro atoms. The first-order chi connectivity index (χ1) is 9.28. The molecule has 2 aromatic heterocycles. The minimum Gasteiger partial charge on any atom is -0.353 e. The van der Waals surface area contributed by atoms with E-state index in [4.69, 9.17) is 0 Å². The molecular weight excluding hydrogens is 236 g/mol. The van der Waals surface area contributed by atoms with Crippen LogP contribution in [0.4, 0.5) is 0 Å². The first kappa shape index (κ1) is 12.5. The molecule has 1 N–H and O–H groups in total. The lowest BCUT2D eigenvalue weighted by molar-refractivity contribution is 0.527. The molecule has 1 aliphatic carbocycles. The average molecular weight is 258 g/mol. The Bertz CT molecular complexity index is 536. The van der Waals surface area contributed by atoms with Crippen LogP contribution in [0.2, 0.25) is 0 Å². The molecule has 4 heteroatoms. The van der Waals surface area contributed by atoms with Crippen molar-refractivity contribution in [1.82, 2.24) is 19.4 Å². The van der Waals surface area contributed by atoms with Crippen LogP contribution in [0.15, 0.2) is 30.9 Å².